The Labute approximate surface area is 95.5 Å². The number of amides is 1. The Balaban J connectivity index is 3.60. The van der Waals surface area contributed by atoms with Crippen molar-refractivity contribution < 1.29 is 19.4 Å². The number of nitrogens with one attached hydrogen (secondary N) is 1. The van der Waals surface area contributed by atoms with E-state index in [1.807, 2.05) is 0 Å². The highest BCUT2D eigenvalue weighted by atomic mass is 16.6. The van der Waals surface area contributed by atoms with Crippen LogP contribution in [0.5, 0.6) is 0 Å². The second-order valence-electron chi connectivity index (χ2n) is 4.33. The molecule has 0 saturated heterocycles. The van der Waals surface area contributed by atoms with E-state index in [4.69, 9.17) is 9.84 Å². The van der Waals surface area contributed by atoms with Crippen LogP contribution in [0, 0.1) is 0 Å². The molecule has 0 aliphatic rings. The van der Waals surface area contributed by atoms with E-state index in [-0.39, 0.29) is 6.42 Å². The highest BCUT2D eigenvalue weighted by Crippen LogP contribution is 2.06. The molecule has 0 radical (unpaired) electrons. The van der Waals surface area contributed by atoms with Gasteiger partial charge in [-0.05, 0) is 33.6 Å². The summed E-state index contributed by atoms with van der Waals surface area (Å²) in [6, 6.07) is 0. The zero-order valence-electron chi connectivity index (χ0n) is 9.95. The van der Waals surface area contributed by atoms with Crippen molar-refractivity contribution >= 4 is 12.1 Å². The van der Waals surface area contributed by atoms with Crippen LogP contribution >= 0.6 is 0 Å². The van der Waals surface area contributed by atoms with Gasteiger partial charge in [0, 0.05) is 12.6 Å². The van der Waals surface area contributed by atoms with Crippen LogP contribution in [0.2, 0.25) is 0 Å². The lowest BCUT2D eigenvalue weighted by molar-refractivity contribution is -0.137. The average Bonchev–Trinajstić information content (AvgIpc) is 2.07. The number of ether oxygens (including phenoxy) is 1. The first-order valence-corrected chi connectivity index (χ1v) is 5.17. The first-order chi connectivity index (χ1) is 7.31. The van der Waals surface area contributed by atoms with Gasteiger partial charge in [-0.2, -0.15) is 0 Å². The van der Waals surface area contributed by atoms with Gasteiger partial charge in [-0.1, -0.05) is 6.08 Å². The van der Waals surface area contributed by atoms with Gasteiger partial charge in [0.15, 0.2) is 0 Å². The van der Waals surface area contributed by atoms with Gasteiger partial charge in [-0.15, -0.1) is 0 Å². The molecular weight excluding hydrogens is 210 g/mol. The van der Waals surface area contributed by atoms with E-state index in [0.29, 0.717) is 12.8 Å². The quantitative estimate of drug-likeness (QED) is 0.709. The van der Waals surface area contributed by atoms with Crippen molar-refractivity contribution in [1.82, 2.24) is 5.32 Å². The number of allylic oxidation sites excluding steroid dienone is 1. The van der Waals surface area contributed by atoms with Crippen LogP contribution in [0.3, 0.4) is 0 Å². The number of unbranched alkanes of at least 4 members (excludes halogenated alkanes) is 1. The lowest BCUT2D eigenvalue weighted by Crippen LogP contribution is -2.29. The number of hydrogen-bond acceptors (Lipinski definition) is 3. The predicted octanol–water partition coefficient (Wildman–Crippen LogP) is 2.28. The molecule has 1 amide bonds. The van der Waals surface area contributed by atoms with Crippen LogP contribution in [0.15, 0.2) is 12.3 Å². The molecule has 0 aromatic carbocycles. The fraction of sp³-hybridized carbons (Fsp3) is 0.636. The van der Waals surface area contributed by atoms with Crippen LogP contribution in [0.25, 0.3) is 0 Å². The Morgan fingerprint density at radius 2 is 2.00 bits per heavy atom. The van der Waals surface area contributed by atoms with Crippen molar-refractivity contribution in [3.05, 3.63) is 12.3 Å². The third-order valence-electron chi connectivity index (χ3n) is 1.48. The molecule has 0 spiro atoms. The molecule has 0 aliphatic carbocycles. The minimum atomic E-state index is -0.812. The Kier molecular flexibility index (Phi) is 6.22. The summed E-state index contributed by atoms with van der Waals surface area (Å²) < 4.78 is 4.99. The molecule has 2 N–H and O–H groups in total. The summed E-state index contributed by atoms with van der Waals surface area (Å²) in [5.41, 5.74) is -0.513. The Hall–Kier alpha value is -1.52. The van der Waals surface area contributed by atoms with Crippen LogP contribution in [0.1, 0.15) is 40.0 Å². The molecular formula is C11H19NO4. The maximum Gasteiger partial charge on any atom is 0.411 e. The molecule has 5 nitrogen and oxygen atoms in total. The van der Waals surface area contributed by atoms with Crippen LogP contribution < -0.4 is 5.32 Å². The van der Waals surface area contributed by atoms with E-state index < -0.39 is 17.7 Å². The number of carbonyl (C=O) groups excluding carboxylic acids is 1. The first-order valence-electron chi connectivity index (χ1n) is 5.17. The van der Waals surface area contributed by atoms with E-state index in [1.54, 1.807) is 26.8 Å². The normalized spacial score (nSPS) is 11.4. The second-order valence-corrected chi connectivity index (χ2v) is 4.33. The topological polar surface area (TPSA) is 75.6 Å². The fourth-order valence-corrected chi connectivity index (χ4v) is 0.889. The molecule has 0 aromatic heterocycles. The highest BCUT2D eigenvalue weighted by molar-refractivity contribution is 5.68. The summed E-state index contributed by atoms with van der Waals surface area (Å²) in [6.45, 7) is 5.34. The van der Waals surface area contributed by atoms with Crippen molar-refractivity contribution in [2.24, 2.45) is 0 Å². The smallest absolute Gasteiger partial charge is 0.411 e. The molecule has 0 aliphatic heterocycles. The molecule has 0 aromatic rings. The summed E-state index contributed by atoms with van der Waals surface area (Å²) >= 11 is 0. The van der Waals surface area contributed by atoms with Gasteiger partial charge in [-0.3, -0.25) is 10.1 Å². The van der Waals surface area contributed by atoms with Crippen molar-refractivity contribution in [2.45, 2.75) is 45.6 Å². The summed E-state index contributed by atoms with van der Waals surface area (Å²) in [5.74, 6) is -0.812. The van der Waals surface area contributed by atoms with Crippen LogP contribution in [-0.4, -0.2) is 22.8 Å². The Bertz CT molecular complexity index is 266. The van der Waals surface area contributed by atoms with Crippen molar-refractivity contribution in [1.29, 1.82) is 0 Å². The maximum absolute atomic E-state index is 11.1. The molecule has 0 atom stereocenters. The largest absolute Gasteiger partial charge is 0.481 e. The number of aliphatic carboxylic acids is 1. The molecule has 92 valence electrons. The summed E-state index contributed by atoms with van der Waals surface area (Å²) in [7, 11) is 0. The lowest BCUT2D eigenvalue weighted by atomic mass is 10.2. The monoisotopic (exact) mass is 229 g/mol. The van der Waals surface area contributed by atoms with E-state index in [2.05, 4.69) is 5.32 Å². The SMILES string of the molecule is CC(C)(C)OC(=O)NC=CCCCC(=O)O. The molecule has 5 heteroatoms. The first kappa shape index (κ1) is 14.5. The zero-order valence-corrected chi connectivity index (χ0v) is 9.95. The van der Waals surface area contributed by atoms with Gasteiger partial charge < -0.3 is 9.84 Å². The number of carboxylic acids is 1. The standard InChI is InChI=1S/C11H19NO4/c1-11(2,3)16-10(15)12-8-6-4-5-7-9(13)14/h6,8H,4-5,7H2,1-3H3,(H,12,15)(H,13,14). The molecule has 0 unspecified atom stereocenters. The zero-order chi connectivity index (χ0) is 12.6. The van der Waals surface area contributed by atoms with Gasteiger partial charge in [-0.25, -0.2) is 4.79 Å². The van der Waals surface area contributed by atoms with E-state index in [9.17, 15) is 9.59 Å². The number of carbonyl (C=O) groups is 2. The second kappa shape index (κ2) is 6.87. The predicted molar refractivity (Wildman–Crippen MR) is 60.0 cm³/mol. The van der Waals surface area contributed by atoms with Crippen molar-refractivity contribution in [3.63, 3.8) is 0 Å². The molecule has 0 heterocycles. The Morgan fingerprint density at radius 3 is 2.50 bits per heavy atom. The fourth-order valence-electron chi connectivity index (χ4n) is 0.889. The molecule has 0 bridgehead atoms. The van der Waals surface area contributed by atoms with Gasteiger partial charge in [0.2, 0.25) is 0 Å². The van der Waals surface area contributed by atoms with E-state index in [1.165, 1.54) is 6.20 Å². The third-order valence-corrected chi connectivity index (χ3v) is 1.48. The van der Waals surface area contributed by atoms with E-state index >= 15 is 0 Å². The van der Waals surface area contributed by atoms with Crippen LogP contribution in [0.4, 0.5) is 4.79 Å². The minimum absolute atomic E-state index is 0.136. The molecule has 0 rings (SSSR count). The third kappa shape index (κ3) is 10.6. The summed E-state index contributed by atoms with van der Waals surface area (Å²) in [5, 5.41) is 10.8. The summed E-state index contributed by atoms with van der Waals surface area (Å²) in [4.78, 5) is 21.3. The van der Waals surface area contributed by atoms with Crippen molar-refractivity contribution in [2.75, 3.05) is 0 Å². The molecule has 0 saturated carbocycles. The van der Waals surface area contributed by atoms with Crippen molar-refractivity contribution in [3.8, 4) is 0 Å². The highest BCUT2D eigenvalue weighted by Gasteiger charge is 2.14. The number of hydrogen-bond donors (Lipinski definition) is 2. The molecule has 0 fully saturated rings. The van der Waals surface area contributed by atoms with E-state index in [0.717, 1.165) is 0 Å². The summed E-state index contributed by atoms with van der Waals surface area (Å²) in [6.07, 6.45) is 3.96. The van der Waals surface area contributed by atoms with Gasteiger partial charge >= 0.3 is 12.1 Å². The van der Waals surface area contributed by atoms with Gasteiger partial charge in [0.1, 0.15) is 5.60 Å². The minimum Gasteiger partial charge on any atom is -0.481 e. The Morgan fingerprint density at radius 1 is 1.38 bits per heavy atom. The molecule has 16 heavy (non-hydrogen) atoms. The van der Waals surface area contributed by atoms with Gasteiger partial charge in [0.05, 0.1) is 0 Å². The average molecular weight is 229 g/mol. The van der Waals surface area contributed by atoms with Crippen LogP contribution in [-0.2, 0) is 9.53 Å². The number of carboxylic acid groups (broad SMARTS) is 1. The number of alkyl carbamates (subject to hydrolysis) is 1. The lowest BCUT2D eigenvalue weighted by Gasteiger charge is -2.18. The van der Waals surface area contributed by atoms with Gasteiger partial charge in [0.25, 0.3) is 0 Å². The number of rotatable bonds is 5. The maximum atomic E-state index is 11.1.